The number of hydrogen-bond acceptors (Lipinski definition) is 4. The number of ether oxygens (including phenoxy) is 2. The van der Waals surface area contributed by atoms with Crippen LogP contribution in [0.4, 0.5) is 0 Å². The second kappa shape index (κ2) is 8.00. The van der Waals surface area contributed by atoms with E-state index in [9.17, 15) is 5.11 Å². The zero-order valence-electron chi connectivity index (χ0n) is 14.9. The fraction of sp³-hybridized carbons (Fsp3) is 0.429. The number of benzene rings is 2. The van der Waals surface area contributed by atoms with E-state index in [1.54, 1.807) is 0 Å². The topological polar surface area (TPSA) is 50.7 Å². The minimum absolute atomic E-state index is 0.0820. The Hall–Kier alpha value is -1.88. The maximum absolute atomic E-state index is 11.7. The fourth-order valence-electron chi connectivity index (χ4n) is 3.31. The molecule has 0 radical (unpaired) electrons. The average Bonchev–Trinajstić information content (AvgIpc) is 2.64. The Morgan fingerprint density at radius 1 is 1.16 bits per heavy atom. The molecular formula is C21H27NO3. The van der Waals surface area contributed by atoms with Crippen LogP contribution in [0.1, 0.15) is 25.0 Å². The van der Waals surface area contributed by atoms with Gasteiger partial charge in [0.25, 0.3) is 0 Å². The van der Waals surface area contributed by atoms with E-state index in [1.807, 2.05) is 68.4 Å². The molecule has 25 heavy (non-hydrogen) atoms. The molecule has 1 saturated heterocycles. The lowest BCUT2D eigenvalue weighted by molar-refractivity contribution is -0.124. The van der Waals surface area contributed by atoms with Gasteiger partial charge in [-0.2, -0.15) is 0 Å². The van der Waals surface area contributed by atoms with E-state index in [0.29, 0.717) is 19.6 Å². The summed E-state index contributed by atoms with van der Waals surface area (Å²) in [4.78, 5) is 0. The van der Waals surface area contributed by atoms with Gasteiger partial charge < -0.3 is 19.9 Å². The summed E-state index contributed by atoms with van der Waals surface area (Å²) in [5.74, 6) is 0.815. The van der Waals surface area contributed by atoms with E-state index in [2.05, 4.69) is 5.32 Å². The molecule has 4 heteroatoms. The lowest BCUT2D eigenvalue weighted by Gasteiger charge is -2.39. The standard InChI is InChI=1S/C21H27NO3/c1-16(2)25-19-11-7-6-8-17(19)14-21(23,18-9-4-3-5-10-18)20-15-22-12-13-24-20/h3-11,16,20,22-23H,12-15H2,1-2H3/t20-,21+/m1/s1. The summed E-state index contributed by atoms with van der Waals surface area (Å²) in [6.45, 7) is 6.06. The maximum atomic E-state index is 11.7. The van der Waals surface area contributed by atoms with Gasteiger partial charge in [0.15, 0.2) is 0 Å². The molecule has 0 amide bonds. The lowest BCUT2D eigenvalue weighted by Crippen LogP contribution is -2.52. The normalized spacial score (nSPS) is 20.2. The van der Waals surface area contributed by atoms with E-state index in [-0.39, 0.29) is 12.2 Å². The van der Waals surface area contributed by atoms with Crippen LogP contribution in [0, 0.1) is 0 Å². The predicted octanol–water partition coefficient (Wildman–Crippen LogP) is 2.89. The second-order valence-electron chi connectivity index (χ2n) is 6.80. The van der Waals surface area contributed by atoms with Crippen molar-refractivity contribution in [3.05, 3.63) is 65.7 Å². The van der Waals surface area contributed by atoms with E-state index in [0.717, 1.165) is 23.4 Å². The third kappa shape index (κ3) is 4.21. The second-order valence-corrected chi connectivity index (χ2v) is 6.80. The monoisotopic (exact) mass is 341 g/mol. The van der Waals surface area contributed by atoms with E-state index >= 15 is 0 Å². The molecule has 3 rings (SSSR count). The Labute approximate surface area is 149 Å². The molecule has 0 saturated carbocycles. The Balaban J connectivity index is 1.96. The van der Waals surface area contributed by atoms with Crippen LogP contribution < -0.4 is 10.1 Å². The van der Waals surface area contributed by atoms with Crippen LogP contribution in [0.5, 0.6) is 5.75 Å². The molecule has 4 nitrogen and oxygen atoms in total. The lowest BCUT2D eigenvalue weighted by atomic mass is 9.81. The molecule has 2 N–H and O–H groups in total. The van der Waals surface area contributed by atoms with Crippen molar-refractivity contribution in [1.82, 2.24) is 5.32 Å². The third-order valence-corrected chi connectivity index (χ3v) is 4.53. The molecule has 1 aliphatic rings. The number of nitrogens with one attached hydrogen (secondary N) is 1. The highest BCUT2D eigenvalue weighted by molar-refractivity contribution is 5.37. The molecule has 134 valence electrons. The van der Waals surface area contributed by atoms with Crippen molar-refractivity contribution in [1.29, 1.82) is 0 Å². The molecular weight excluding hydrogens is 314 g/mol. The Morgan fingerprint density at radius 2 is 1.88 bits per heavy atom. The summed E-state index contributed by atoms with van der Waals surface area (Å²) in [6, 6.07) is 17.7. The summed E-state index contributed by atoms with van der Waals surface area (Å²) >= 11 is 0. The number of aliphatic hydroxyl groups is 1. The van der Waals surface area contributed by atoms with Crippen molar-refractivity contribution in [2.24, 2.45) is 0 Å². The van der Waals surface area contributed by atoms with Gasteiger partial charge in [0, 0.05) is 19.5 Å². The Bertz CT molecular complexity index is 668. The van der Waals surface area contributed by atoms with Crippen LogP contribution in [0.15, 0.2) is 54.6 Å². The van der Waals surface area contributed by atoms with Crippen molar-refractivity contribution in [2.75, 3.05) is 19.7 Å². The molecule has 2 aromatic carbocycles. The van der Waals surface area contributed by atoms with E-state index in [1.165, 1.54) is 0 Å². The number of hydrogen-bond donors (Lipinski definition) is 2. The third-order valence-electron chi connectivity index (χ3n) is 4.53. The van der Waals surface area contributed by atoms with Gasteiger partial charge in [-0.1, -0.05) is 48.5 Å². The molecule has 0 aromatic heterocycles. The van der Waals surface area contributed by atoms with Crippen molar-refractivity contribution in [2.45, 2.75) is 38.1 Å². The van der Waals surface area contributed by atoms with Gasteiger partial charge >= 0.3 is 0 Å². The Morgan fingerprint density at radius 3 is 2.56 bits per heavy atom. The summed E-state index contributed by atoms with van der Waals surface area (Å²) in [7, 11) is 0. The number of rotatable bonds is 6. The molecule has 0 spiro atoms. The summed E-state index contributed by atoms with van der Waals surface area (Å²) in [5.41, 5.74) is 0.727. The fourth-order valence-corrected chi connectivity index (χ4v) is 3.31. The van der Waals surface area contributed by atoms with Gasteiger partial charge in [0.1, 0.15) is 17.5 Å². The molecule has 1 fully saturated rings. The zero-order chi connectivity index (χ0) is 17.7. The molecule has 0 bridgehead atoms. The van der Waals surface area contributed by atoms with Gasteiger partial charge in [0.05, 0.1) is 12.7 Å². The minimum atomic E-state index is -1.12. The molecule has 2 aromatic rings. The van der Waals surface area contributed by atoms with E-state index in [4.69, 9.17) is 9.47 Å². The van der Waals surface area contributed by atoms with Crippen LogP contribution in [0.3, 0.4) is 0 Å². The van der Waals surface area contributed by atoms with Gasteiger partial charge in [0.2, 0.25) is 0 Å². The zero-order valence-corrected chi connectivity index (χ0v) is 14.9. The largest absolute Gasteiger partial charge is 0.491 e. The van der Waals surface area contributed by atoms with E-state index < -0.39 is 5.60 Å². The van der Waals surface area contributed by atoms with Crippen LogP contribution in [-0.2, 0) is 16.8 Å². The van der Waals surface area contributed by atoms with Gasteiger partial charge in [-0.15, -0.1) is 0 Å². The van der Waals surface area contributed by atoms with Crippen molar-refractivity contribution >= 4 is 0 Å². The molecule has 0 unspecified atom stereocenters. The number of para-hydroxylation sites is 1. The average molecular weight is 341 g/mol. The van der Waals surface area contributed by atoms with Gasteiger partial charge in [-0.3, -0.25) is 0 Å². The quantitative estimate of drug-likeness (QED) is 0.848. The smallest absolute Gasteiger partial charge is 0.122 e. The SMILES string of the molecule is CC(C)Oc1ccccc1C[C@](O)(c1ccccc1)[C@H]1CNCCO1. The van der Waals surface area contributed by atoms with Crippen LogP contribution in [-0.4, -0.2) is 37.0 Å². The Kier molecular flexibility index (Phi) is 5.74. The maximum Gasteiger partial charge on any atom is 0.122 e. The summed E-state index contributed by atoms with van der Waals surface area (Å²) in [5, 5.41) is 15.0. The van der Waals surface area contributed by atoms with Gasteiger partial charge in [-0.25, -0.2) is 0 Å². The first kappa shape index (κ1) is 17.9. The highest BCUT2D eigenvalue weighted by atomic mass is 16.5. The highest BCUT2D eigenvalue weighted by Gasteiger charge is 2.41. The summed E-state index contributed by atoms with van der Waals surface area (Å²) in [6.07, 6.45) is 0.209. The number of morpholine rings is 1. The van der Waals surface area contributed by atoms with Crippen molar-refractivity contribution in [3.63, 3.8) is 0 Å². The predicted molar refractivity (Wildman–Crippen MR) is 98.9 cm³/mol. The minimum Gasteiger partial charge on any atom is -0.491 e. The first-order chi connectivity index (χ1) is 12.1. The van der Waals surface area contributed by atoms with Crippen molar-refractivity contribution in [3.8, 4) is 5.75 Å². The molecule has 1 aliphatic heterocycles. The first-order valence-electron chi connectivity index (χ1n) is 8.94. The first-order valence-corrected chi connectivity index (χ1v) is 8.94. The van der Waals surface area contributed by atoms with Crippen LogP contribution in [0.2, 0.25) is 0 Å². The van der Waals surface area contributed by atoms with Crippen molar-refractivity contribution < 1.29 is 14.6 Å². The molecule has 1 heterocycles. The molecule has 2 atom stereocenters. The van der Waals surface area contributed by atoms with Crippen LogP contribution >= 0.6 is 0 Å². The molecule has 0 aliphatic carbocycles. The van der Waals surface area contributed by atoms with Crippen LogP contribution in [0.25, 0.3) is 0 Å². The summed E-state index contributed by atoms with van der Waals surface area (Å²) < 4.78 is 11.9. The van der Waals surface area contributed by atoms with Gasteiger partial charge in [-0.05, 0) is 31.0 Å². The highest BCUT2D eigenvalue weighted by Crippen LogP contribution is 2.35.